The van der Waals surface area contributed by atoms with Crippen molar-refractivity contribution in [2.45, 2.75) is 0 Å². The Hall–Kier alpha value is -6.32. The largest absolute Gasteiger partial charge is 0.293 e. The number of nitrogens with zero attached hydrogens (tertiary/aromatic N) is 3. The van der Waals surface area contributed by atoms with Crippen LogP contribution >= 0.6 is 0 Å². The predicted octanol–water partition coefficient (Wildman–Crippen LogP) is 11.5. The molecule has 10 rings (SSSR count). The van der Waals surface area contributed by atoms with Crippen molar-refractivity contribution < 1.29 is 0 Å². The molecule has 0 unspecified atom stereocenters. The van der Waals surface area contributed by atoms with E-state index in [9.17, 15) is 0 Å². The summed E-state index contributed by atoms with van der Waals surface area (Å²) in [4.78, 5) is 10.4. The minimum Gasteiger partial charge on any atom is -0.293 e. The molecule has 0 N–H and O–H groups in total. The fraction of sp³-hybridized carbons (Fsp3) is 0. The van der Waals surface area contributed by atoms with Gasteiger partial charge in [-0.1, -0.05) is 140 Å². The number of hydrogen-bond donors (Lipinski definition) is 0. The zero-order chi connectivity index (χ0) is 30.9. The van der Waals surface area contributed by atoms with Crippen LogP contribution in [0.3, 0.4) is 0 Å². The second-order valence-electron chi connectivity index (χ2n) is 12.2. The highest BCUT2D eigenvalue weighted by Crippen LogP contribution is 2.43. The van der Waals surface area contributed by atoms with Crippen molar-refractivity contribution in [3.8, 4) is 28.3 Å². The molecule has 0 saturated carbocycles. The van der Waals surface area contributed by atoms with Crippen LogP contribution in [-0.2, 0) is 0 Å². The van der Waals surface area contributed by atoms with E-state index < -0.39 is 0 Å². The molecule has 10 aromatic rings. The lowest BCUT2D eigenvalue weighted by Gasteiger charge is -2.14. The number of aromatic nitrogens is 3. The molecule has 0 atom stereocenters. The summed E-state index contributed by atoms with van der Waals surface area (Å²) >= 11 is 0. The van der Waals surface area contributed by atoms with Gasteiger partial charge in [0.25, 0.3) is 0 Å². The minimum absolute atomic E-state index is 0.710. The summed E-state index contributed by atoms with van der Waals surface area (Å²) in [5, 5.41) is 11.1. The summed E-state index contributed by atoms with van der Waals surface area (Å²) < 4.78 is 2.35. The molecule has 0 amide bonds. The van der Waals surface area contributed by atoms with Gasteiger partial charge in [-0.25, -0.2) is 9.97 Å². The van der Waals surface area contributed by atoms with Crippen molar-refractivity contribution in [2.75, 3.05) is 0 Å². The zero-order valence-corrected chi connectivity index (χ0v) is 25.4. The third-order valence-electron chi connectivity index (χ3n) is 9.59. The summed E-state index contributed by atoms with van der Waals surface area (Å²) in [7, 11) is 0. The number of rotatable bonds is 3. The normalized spacial score (nSPS) is 11.8. The van der Waals surface area contributed by atoms with Crippen LogP contribution in [0.1, 0.15) is 0 Å². The molecule has 3 heteroatoms. The second kappa shape index (κ2) is 10.1. The van der Waals surface area contributed by atoms with Crippen LogP contribution in [0, 0.1) is 0 Å². The van der Waals surface area contributed by atoms with Crippen molar-refractivity contribution in [3.63, 3.8) is 0 Å². The molecule has 3 nitrogen and oxygen atoms in total. The summed E-state index contributed by atoms with van der Waals surface area (Å²) in [6.07, 6.45) is 0. The zero-order valence-electron chi connectivity index (χ0n) is 25.4. The first-order valence-electron chi connectivity index (χ1n) is 16.0. The van der Waals surface area contributed by atoms with Gasteiger partial charge in [0, 0.05) is 27.1 Å². The summed E-state index contributed by atoms with van der Waals surface area (Å²) in [6, 6.07) is 58.3. The number of para-hydroxylation sites is 2. The van der Waals surface area contributed by atoms with E-state index in [1.807, 2.05) is 6.07 Å². The molecule has 0 fully saturated rings. The summed E-state index contributed by atoms with van der Waals surface area (Å²) in [5.74, 6) is 1.59. The van der Waals surface area contributed by atoms with Crippen LogP contribution in [-0.4, -0.2) is 14.5 Å². The average Bonchev–Trinajstić information content (AvgIpc) is 3.49. The van der Waals surface area contributed by atoms with Crippen molar-refractivity contribution in [2.24, 2.45) is 0 Å². The van der Waals surface area contributed by atoms with Gasteiger partial charge < -0.3 is 0 Å². The van der Waals surface area contributed by atoms with Crippen LogP contribution in [0.4, 0.5) is 0 Å². The van der Waals surface area contributed by atoms with Crippen molar-refractivity contribution in [3.05, 3.63) is 164 Å². The highest BCUT2D eigenvalue weighted by Gasteiger charge is 2.21. The van der Waals surface area contributed by atoms with E-state index in [1.165, 1.54) is 54.2 Å². The number of benzene rings is 8. The minimum atomic E-state index is 0.710. The van der Waals surface area contributed by atoms with Gasteiger partial charge in [-0.15, -0.1) is 0 Å². The first-order valence-corrected chi connectivity index (χ1v) is 16.0. The van der Waals surface area contributed by atoms with Crippen LogP contribution in [0.25, 0.3) is 93.4 Å². The Kier molecular flexibility index (Phi) is 5.57. The van der Waals surface area contributed by atoms with Crippen LogP contribution in [0.5, 0.6) is 0 Å². The molecule has 0 aliphatic heterocycles. The van der Waals surface area contributed by atoms with Gasteiger partial charge in [0.1, 0.15) is 5.82 Å². The van der Waals surface area contributed by atoms with Gasteiger partial charge in [-0.3, -0.25) is 4.57 Å². The van der Waals surface area contributed by atoms with E-state index in [2.05, 4.69) is 162 Å². The van der Waals surface area contributed by atoms with Crippen LogP contribution < -0.4 is 0 Å². The SMILES string of the molecule is c1ccc(-c2ccc(-c3nc(-n4c5ccccc5c5c6c7ccccc7c7ccccc7c6ccc54)c4ccccc4n3)cc2)cc1. The van der Waals surface area contributed by atoms with E-state index in [4.69, 9.17) is 9.97 Å². The molecule has 218 valence electrons. The maximum atomic E-state index is 5.36. The molecular formula is C44H27N3. The van der Waals surface area contributed by atoms with E-state index in [-0.39, 0.29) is 0 Å². The van der Waals surface area contributed by atoms with E-state index in [0.717, 1.165) is 33.3 Å². The fourth-order valence-corrected chi connectivity index (χ4v) is 7.48. The Morgan fingerprint density at radius 3 is 1.60 bits per heavy atom. The third kappa shape index (κ3) is 3.87. The average molecular weight is 598 g/mol. The first kappa shape index (κ1) is 26.0. The quantitative estimate of drug-likeness (QED) is 0.190. The molecular weight excluding hydrogens is 571 g/mol. The highest BCUT2D eigenvalue weighted by molar-refractivity contribution is 6.35. The molecule has 0 spiro atoms. The van der Waals surface area contributed by atoms with Gasteiger partial charge in [-0.05, 0) is 62.3 Å². The van der Waals surface area contributed by atoms with E-state index >= 15 is 0 Å². The lowest BCUT2D eigenvalue weighted by atomic mass is 9.92. The molecule has 2 aromatic heterocycles. The number of hydrogen-bond acceptors (Lipinski definition) is 2. The molecule has 2 heterocycles. The van der Waals surface area contributed by atoms with Gasteiger partial charge in [-0.2, -0.15) is 0 Å². The standard InChI is InChI=1S/C44H27N3/c1-2-12-28(13-3-1)29-22-24-30(25-23-29)43-45-38-20-10-8-18-36(38)44(46-43)47-39-21-11-9-19-37(39)42-40(47)27-26-35-33-16-5-4-14-31(33)32-15-6-7-17-34(32)41(35)42/h1-27H. The fourth-order valence-electron chi connectivity index (χ4n) is 7.48. The highest BCUT2D eigenvalue weighted by atomic mass is 15.1. The summed E-state index contributed by atoms with van der Waals surface area (Å²) in [5.41, 5.74) is 6.53. The van der Waals surface area contributed by atoms with Crippen molar-refractivity contribution in [1.29, 1.82) is 0 Å². The smallest absolute Gasteiger partial charge is 0.162 e. The topological polar surface area (TPSA) is 30.7 Å². The molecule has 0 saturated heterocycles. The Morgan fingerprint density at radius 1 is 0.319 bits per heavy atom. The molecule has 0 bridgehead atoms. The molecule has 8 aromatic carbocycles. The van der Waals surface area contributed by atoms with E-state index in [0.29, 0.717) is 5.82 Å². The molecule has 0 aliphatic rings. The van der Waals surface area contributed by atoms with Gasteiger partial charge in [0.2, 0.25) is 0 Å². The Bertz CT molecular complexity index is 2790. The van der Waals surface area contributed by atoms with Crippen molar-refractivity contribution in [1.82, 2.24) is 14.5 Å². The molecule has 0 radical (unpaired) electrons. The van der Waals surface area contributed by atoms with E-state index in [1.54, 1.807) is 0 Å². The van der Waals surface area contributed by atoms with Crippen LogP contribution in [0.2, 0.25) is 0 Å². The van der Waals surface area contributed by atoms with Gasteiger partial charge in [0.15, 0.2) is 5.82 Å². The lowest BCUT2D eigenvalue weighted by Crippen LogP contribution is -2.02. The van der Waals surface area contributed by atoms with Crippen molar-refractivity contribution >= 4 is 65.0 Å². The Balaban J connectivity index is 1.30. The Labute approximate surface area is 271 Å². The maximum absolute atomic E-state index is 5.36. The second-order valence-corrected chi connectivity index (χ2v) is 12.2. The van der Waals surface area contributed by atoms with Gasteiger partial charge in [0.05, 0.1) is 16.6 Å². The number of fused-ring (bicyclic) bond motifs is 11. The maximum Gasteiger partial charge on any atom is 0.162 e. The monoisotopic (exact) mass is 597 g/mol. The van der Waals surface area contributed by atoms with Gasteiger partial charge >= 0.3 is 0 Å². The third-order valence-corrected chi connectivity index (χ3v) is 9.59. The first-order chi connectivity index (χ1) is 23.3. The molecule has 47 heavy (non-hydrogen) atoms. The lowest BCUT2D eigenvalue weighted by molar-refractivity contribution is 1.08. The van der Waals surface area contributed by atoms with Crippen LogP contribution in [0.15, 0.2) is 164 Å². The predicted molar refractivity (Wildman–Crippen MR) is 197 cm³/mol. The Morgan fingerprint density at radius 2 is 0.851 bits per heavy atom. The summed E-state index contributed by atoms with van der Waals surface area (Å²) in [6.45, 7) is 0. The molecule has 0 aliphatic carbocycles.